The Labute approximate surface area is 146 Å². The monoisotopic (exact) mass is 324 g/mol. The Morgan fingerprint density at radius 3 is 2.13 bits per heavy atom. The summed E-state index contributed by atoms with van der Waals surface area (Å²) in [4.78, 5) is 2.80. The summed E-state index contributed by atoms with van der Waals surface area (Å²) in [5, 5.41) is 3.87. The molecule has 0 aromatic heterocycles. The predicted molar refractivity (Wildman–Crippen MR) is 104 cm³/mol. The summed E-state index contributed by atoms with van der Waals surface area (Å²) in [6.07, 6.45) is 13.0. The second-order valence-electron chi connectivity index (χ2n) is 8.05. The van der Waals surface area contributed by atoms with Gasteiger partial charge in [0.2, 0.25) is 0 Å². The fourth-order valence-electron chi connectivity index (χ4n) is 4.04. The number of hydrogen-bond donors (Lipinski definition) is 1. The van der Waals surface area contributed by atoms with Crippen LogP contribution < -0.4 is 5.32 Å². The smallest absolute Gasteiger partial charge is 0.0600 e. The highest BCUT2D eigenvalue weighted by Crippen LogP contribution is 2.25. The molecule has 4 atom stereocenters. The van der Waals surface area contributed by atoms with Gasteiger partial charge >= 0.3 is 0 Å². The SMILES string of the molecule is CCCCC(CC)CC1NCC(C)CN1CC(CC)CCCC. The molecule has 1 fully saturated rings. The van der Waals surface area contributed by atoms with Gasteiger partial charge in [-0.3, -0.25) is 4.90 Å². The Balaban J connectivity index is 2.58. The van der Waals surface area contributed by atoms with E-state index in [-0.39, 0.29) is 0 Å². The second kappa shape index (κ2) is 12.3. The van der Waals surface area contributed by atoms with Crippen LogP contribution in [0.15, 0.2) is 0 Å². The second-order valence-corrected chi connectivity index (χ2v) is 8.05. The van der Waals surface area contributed by atoms with Crippen molar-refractivity contribution in [3.63, 3.8) is 0 Å². The first kappa shape index (κ1) is 21.0. The Kier molecular flexibility index (Phi) is 11.2. The number of rotatable bonds is 12. The predicted octanol–water partition coefficient (Wildman–Crippen LogP) is 5.68. The molecule has 138 valence electrons. The van der Waals surface area contributed by atoms with Crippen molar-refractivity contribution >= 4 is 0 Å². The summed E-state index contributed by atoms with van der Waals surface area (Å²) in [6.45, 7) is 15.6. The van der Waals surface area contributed by atoms with E-state index in [1.807, 2.05) is 0 Å². The van der Waals surface area contributed by atoms with Crippen LogP contribution in [0.2, 0.25) is 0 Å². The first-order valence-corrected chi connectivity index (χ1v) is 10.6. The van der Waals surface area contributed by atoms with Crippen LogP contribution in [0.3, 0.4) is 0 Å². The van der Waals surface area contributed by atoms with Gasteiger partial charge in [-0.15, -0.1) is 0 Å². The largest absolute Gasteiger partial charge is 0.301 e. The van der Waals surface area contributed by atoms with Crippen molar-refractivity contribution in [2.75, 3.05) is 19.6 Å². The fraction of sp³-hybridized carbons (Fsp3) is 1.00. The molecule has 0 spiro atoms. The van der Waals surface area contributed by atoms with E-state index in [4.69, 9.17) is 0 Å². The lowest BCUT2D eigenvalue weighted by atomic mass is 9.91. The minimum atomic E-state index is 0.628. The lowest BCUT2D eigenvalue weighted by molar-refractivity contribution is 0.0612. The molecule has 1 saturated heterocycles. The van der Waals surface area contributed by atoms with Crippen LogP contribution in [0.25, 0.3) is 0 Å². The average molecular weight is 325 g/mol. The maximum absolute atomic E-state index is 3.87. The molecule has 1 heterocycles. The maximum atomic E-state index is 3.87. The molecule has 2 nitrogen and oxygen atoms in total. The Morgan fingerprint density at radius 1 is 0.957 bits per heavy atom. The lowest BCUT2D eigenvalue weighted by Gasteiger charge is -2.42. The first-order valence-electron chi connectivity index (χ1n) is 10.6. The van der Waals surface area contributed by atoms with Gasteiger partial charge in [0, 0.05) is 19.6 Å². The topological polar surface area (TPSA) is 15.3 Å². The van der Waals surface area contributed by atoms with Gasteiger partial charge in [0.1, 0.15) is 0 Å². The number of nitrogens with zero attached hydrogens (tertiary/aromatic N) is 1. The van der Waals surface area contributed by atoms with Gasteiger partial charge in [-0.05, 0) is 30.6 Å². The van der Waals surface area contributed by atoms with Crippen LogP contribution in [-0.2, 0) is 0 Å². The van der Waals surface area contributed by atoms with Crippen LogP contribution in [0.4, 0.5) is 0 Å². The Hall–Kier alpha value is -0.0800. The quantitative estimate of drug-likeness (QED) is 0.497. The van der Waals surface area contributed by atoms with Crippen LogP contribution in [0.5, 0.6) is 0 Å². The molecule has 23 heavy (non-hydrogen) atoms. The zero-order valence-electron chi connectivity index (χ0n) is 16.7. The average Bonchev–Trinajstić information content (AvgIpc) is 2.56. The Bertz CT molecular complexity index is 279. The minimum Gasteiger partial charge on any atom is -0.301 e. The zero-order valence-corrected chi connectivity index (χ0v) is 16.7. The molecule has 4 unspecified atom stereocenters. The molecule has 1 aliphatic heterocycles. The highest BCUT2D eigenvalue weighted by Gasteiger charge is 2.28. The highest BCUT2D eigenvalue weighted by atomic mass is 15.3. The van der Waals surface area contributed by atoms with E-state index in [9.17, 15) is 0 Å². The first-order chi connectivity index (χ1) is 11.1. The molecule has 0 aromatic rings. The molecule has 0 aliphatic carbocycles. The van der Waals surface area contributed by atoms with Crippen molar-refractivity contribution < 1.29 is 0 Å². The molecule has 0 bridgehead atoms. The van der Waals surface area contributed by atoms with E-state index < -0.39 is 0 Å². The van der Waals surface area contributed by atoms with E-state index in [0.717, 1.165) is 17.8 Å². The van der Waals surface area contributed by atoms with Crippen molar-refractivity contribution in [1.29, 1.82) is 0 Å². The molecule has 0 saturated carbocycles. The van der Waals surface area contributed by atoms with E-state index in [1.54, 1.807) is 0 Å². The van der Waals surface area contributed by atoms with Gasteiger partial charge in [0.05, 0.1) is 6.17 Å². The molecule has 0 amide bonds. The van der Waals surface area contributed by atoms with E-state index in [0.29, 0.717) is 6.17 Å². The molecular formula is C21H44N2. The number of hydrogen-bond acceptors (Lipinski definition) is 2. The van der Waals surface area contributed by atoms with Crippen LogP contribution in [-0.4, -0.2) is 30.7 Å². The molecular weight excluding hydrogens is 280 g/mol. The van der Waals surface area contributed by atoms with Gasteiger partial charge in [-0.25, -0.2) is 0 Å². The Morgan fingerprint density at radius 2 is 1.57 bits per heavy atom. The summed E-state index contributed by atoms with van der Waals surface area (Å²) in [6, 6.07) is 0. The van der Waals surface area contributed by atoms with E-state index in [1.165, 1.54) is 77.4 Å². The molecule has 1 rings (SSSR count). The number of unbranched alkanes of at least 4 members (excludes halogenated alkanes) is 2. The normalized spacial score (nSPS) is 25.4. The van der Waals surface area contributed by atoms with Crippen LogP contribution >= 0.6 is 0 Å². The summed E-state index contributed by atoms with van der Waals surface area (Å²) >= 11 is 0. The van der Waals surface area contributed by atoms with Gasteiger partial charge in [-0.2, -0.15) is 0 Å². The molecule has 2 heteroatoms. The summed E-state index contributed by atoms with van der Waals surface area (Å²) in [7, 11) is 0. The fourth-order valence-corrected chi connectivity index (χ4v) is 4.04. The van der Waals surface area contributed by atoms with Crippen molar-refractivity contribution in [3.05, 3.63) is 0 Å². The van der Waals surface area contributed by atoms with Crippen molar-refractivity contribution in [3.8, 4) is 0 Å². The van der Waals surface area contributed by atoms with Gasteiger partial charge in [0.25, 0.3) is 0 Å². The summed E-state index contributed by atoms with van der Waals surface area (Å²) < 4.78 is 0. The van der Waals surface area contributed by atoms with Gasteiger partial charge in [-0.1, -0.05) is 79.6 Å². The third kappa shape index (κ3) is 8.03. The third-order valence-electron chi connectivity index (χ3n) is 5.82. The molecule has 1 N–H and O–H groups in total. The highest BCUT2D eigenvalue weighted by molar-refractivity contribution is 4.82. The minimum absolute atomic E-state index is 0.628. The lowest BCUT2D eigenvalue weighted by Crippen LogP contribution is -2.56. The molecule has 0 radical (unpaired) electrons. The summed E-state index contributed by atoms with van der Waals surface area (Å²) in [5.74, 6) is 2.59. The van der Waals surface area contributed by atoms with Crippen LogP contribution in [0, 0.1) is 17.8 Å². The standard InChI is InChI=1S/C21H44N2/c1-6-10-12-19(8-3)14-21-22-15-18(5)16-23(21)17-20(9-4)13-11-7-2/h18-22H,6-17H2,1-5H3. The van der Waals surface area contributed by atoms with Crippen molar-refractivity contribution in [2.24, 2.45) is 17.8 Å². The zero-order chi connectivity index (χ0) is 17.1. The molecule has 1 aliphatic rings. The van der Waals surface area contributed by atoms with Gasteiger partial charge in [0.15, 0.2) is 0 Å². The van der Waals surface area contributed by atoms with E-state index in [2.05, 4.69) is 44.8 Å². The maximum Gasteiger partial charge on any atom is 0.0600 e. The van der Waals surface area contributed by atoms with Crippen molar-refractivity contribution in [1.82, 2.24) is 10.2 Å². The van der Waals surface area contributed by atoms with Crippen LogP contribution in [0.1, 0.15) is 92.4 Å². The van der Waals surface area contributed by atoms with Gasteiger partial charge < -0.3 is 5.32 Å². The third-order valence-corrected chi connectivity index (χ3v) is 5.82. The molecule has 0 aromatic carbocycles. The number of nitrogens with one attached hydrogen (secondary N) is 1. The van der Waals surface area contributed by atoms with Crippen molar-refractivity contribution in [2.45, 2.75) is 98.6 Å². The van der Waals surface area contributed by atoms with E-state index >= 15 is 0 Å². The summed E-state index contributed by atoms with van der Waals surface area (Å²) in [5.41, 5.74) is 0.